The van der Waals surface area contributed by atoms with Crippen LogP contribution < -0.4 is 4.74 Å². The van der Waals surface area contributed by atoms with Gasteiger partial charge in [0.1, 0.15) is 24.2 Å². The summed E-state index contributed by atoms with van der Waals surface area (Å²) in [5, 5.41) is 10.9. The van der Waals surface area contributed by atoms with Crippen molar-refractivity contribution < 1.29 is 14.3 Å². The molecular weight excluding hydrogens is 376 g/mol. The van der Waals surface area contributed by atoms with E-state index >= 15 is 0 Å². The molecule has 5 nitrogen and oxygen atoms in total. The maximum absolute atomic E-state index is 10.9. The standard InChI is InChI=1S/C25H22N2O3/c28-24(25-27-15-23(30-25)22-8-4-5-11-26-22)20-12-18-9-10-21(14-19(18)13-20)29-16-17-6-2-1-3-7-17/h1-11,14-15,20,24,28H,12-13,16H2. The lowest BCUT2D eigenvalue weighted by Gasteiger charge is -2.13. The fourth-order valence-corrected chi connectivity index (χ4v) is 3.94. The molecule has 2 heterocycles. The first-order chi connectivity index (χ1) is 14.8. The highest BCUT2D eigenvalue weighted by Crippen LogP contribution is 2.37. The molecule has 2 aromatic heterocycles. The van der Waals surface area contributed by atoms with Crippen LogP contribution in [0.4, 0.5) is 0 Å². The molecule has 5 rings (SSSR count). The molecule has 150 valence electrons. The van der Waals surface area contributed by atoms with Crippen molar-refractivity contribution in [2.24, 2.45) is 5.92 Å². The van der Waals surface area contributed by atoms with Crippen LogP contribution in [0.15, 0.2) is 83.5 Å². The first-order valence-corrected chi connectivity index (χ1v) is 10.1. The van der Waals surface area contributed by atoms with Crippen molar-refractivity contribution in [3.63, 3.8) is 0 Å². The van der Waals surface area contributed by atoms with Crippen LogP contribution in [-0.2, 0) is 19.4 Å². The fourth-order valence-electron chi connectivity index (χ4n) is 3.94. The van der Waals surface area contributed by atoms with Gasteiger partial charge in [0.2, 0.25) is 5.89 Å². The first-order valence-electron chi connectivity index (χ1n) is 10.1. The van der Waals surface area contributed by atoms with Crippen molar-refractivity contribution in [2.75, 3.05) is 0 Å². The third-order valence-electron chi connectivity index (χ3n) is 5.53. The number of nitrogens with zero attached hydrogens (tertiary/aromatic N) is 2. The van der Waals surface area contributed by atoms with E-state index in [1.54, 1.807) is 12.4 Å². The molecule has 2 unspecified atom stereocenters. The van der Waals surface area contributed by atoms with Gasteiger partial charge in [-0.1, -0.05) is 42.5 Å². The minimum atomic E-state index is -0.761. The van der Waals surface area contributed by atoms with Crippen molar-refractivity contribution in [2.45, 2.75) is 25.6 Å². The maximum Gasteiger partial charge on any atom is 0.224 e. The molecular formula is C25H22N2O3. The molecule has 1 aliphatic rings. The zero-order chi connectivity index (χ0) is 20.3. The first kappa shape index (κ1) is 18.6. The molecule has 0 bridgehead atoms. The second-order valence-corrected chi connectivity index (χ2v) is 7.60. The Bertz CT molecular complexity index is 1130. The zero-order valence-electron chi connectivity index (χ0n) is 16.4. The largest absolute Gasteiger partial charge is 0.489 e. The summed E-state index contributed by atoms with van der Waals surface area (Å²) in [6.45, 7) is 0.540. The Kier molecular flexibility index (Phi) is 5.03. The van der Waals surface area contributed by atoms with E-state index < -0.39 is 6.10 Å². The number of hydrogen-bond donors (Lipinski definition) is 1. The Morgan fingerprint density at radius 1 is 0.967 bits per heavy atom. The molecule has 4 aromatic rings. The Morgan fingerprint density at radius 3 is 2.63 bits per heavy atom. The van der Waals surface area contributed by atoms with Gasteiger partial charge in [-0.2, -0.15) is 0 Å². The number of aliphatic hydroxyl groups excluding tert-OH is 1. The number of fused-ring (bicyclic) bond motifs is 1. The van der Waals surface area contributed by atoms with Gasteiger partial charge in [0, 0.05) is 12.1 Å². The second-order valence-electron chi connectivity index (χ2n) is 7.60. The summed E-state index contributed by atoms with van der Waals surface area (Å²) in [6.07, 6.45) is 4.12. The molecule has 2 aromatic carbocycles. The summed E-state index contributed by atoms with van der Waals surface area (Å²) in [4.78, 5) is 8.57. The van der Waals surface area contributed by atoms with Crippen LogP contribution >= 0.6 is 0 Å². The molecule has 2 atom stereocenters. The third-order valence-corrected chi connectivity index (χ3v) is 5.53. The van der Waals surface area contributed by atoms with E-state index in [9.17, 15) is 5.11 Å². The molecule has 0 fully saturated rings. The van der Waals surface area contributed by atoms with Gasteiger partial charge in [-0.15, -0.1) is 0 Å². The summed E-state index contributed by atoms with van der Waals surface area (Å²) in [6, 6.07) is 21.9. The van der Waals surface area contributed by atoms with Gasteiger partial charge < -0.3 is 14.3 Å². The molecule has 0 aliphatic heterocycles. The van der Waals surface area contributed by atoms with Gasteiger partial charge in [-0.25, -0.2) is 4.98 Å². The van der Waals surface area contributed by atoms with Crippen molar-refractivity contribution in [3.05, 3.63) is 102 Å². The van der Waals surface area contributed by atoms with Gasteiger partial charge in [0.05, 0.1) is 6.20 Å². The van der Waals surface area contributed by atoms with E-state index in [1.165, 1.54) is 11.1 Å². The Hall–Kier alpha value is -3.44. The molecule has 30 heavy (non-hydrogen) atoms. The van der Waals surface area contributed by atoms with Crippen LogP contribution in [0.5, 0.6) is 5.75 Å². The number of rotatable bonds is 6. The third kappa shape index (κ3) is 3.84. The average molecular weight is 398 g/mol. The van der Waals surface area contributed by atoms with E-state index in [1.807, 2.05) is 42.5 Å². The smallest absolute Gasteiger partial charge is 0.224 e. The molecule has 0 saturated carbocycles. The molecule has 1 N–H and O–H groups in total. The summed E-state index contributed by atoms with van der Waals surface area (Å²) in [7, 11) is 0. The highest BCUT2D eigenvalue weighted by Gasteiger charge is 2.31. The molecule has 1 aliphatic carbocycles. The molecule has 0 saturated heterocycles. The highest BCUT2D eigenvalue weighted by atomic mass is 16.5. The Balaban J connectivity index is 1.26. The number of ether oxygens (including phenoxy) is 1. The van der Waals surface area contributed by atoms with Gasteiger partial charge in [0.15, 0.2) is 5.76 Å². The van der Waals surface area contributed by atoms with Crippen LogP contribution in [0, 0.1) is 5.92 Å². The molecule has 0 spiro atoms. The fraction of sp³-hybridized carbons (Fsp3) is 0.200. The van der Waals surface area contributed by atoms with Crippen LogP contribution in [0.3, 0.4) is 0 Å². The van der Waals surface area contributed by atoms with E-state index in [0.717, 1.165) is 24.2 Å². The zero-order valence-corrected chi connectivity index (χ0v) is 16.4. The number of aliphatic hydroxyl groups is 1. The summed E-state index contributed by atoms with van der Waals surface area (Å²) >= 11 is 0. The summed E-state index contributed by atoms with van der Waals surface area (Å²) in [5.74, 6) is 1.78. The van der Waals surface area contributed by atoms with Crippen LogP contribution in [-0.4, -0.2) is 15.1 Å². The van der Waals surface area contributed by atoms with Gasteiger partial charge >= 0.3 is 0 Å². The van der Waals surface area contributed by atoms with Crippen LogP contribution in [0.25, 0.3) is 11.5 Å². The minimum Gasteiger partial charge on any atom is -0.489 e. The van der Waals surface area contributed by atoms with Crippen molar-refractivity contribution >= 4 is 0 Å². The van der Waals surface area contributed by atoms with Crippen LogP contribution in [0.2, 0.25) is 0 Å². The molecule has 5 heteroatoms. The van der Waals surface area contributed by atoms with E-state index in [2.05, 4.69) is 34.2 Å². The quantitative estimate of drug-likeness (QED) is 0.507. The number of hydrogen-bond acceptors (Lipinski definition) is 5. The van der Waals surface area contributed by atoms with E-state index in [0.29, 0.717) is 24.0 Å². The highest BCUT2D eigenvalue weighted by molar-refractivity contribution is 5.50. The lowest BCUT2D eigenvalue weighted by molar-refractivity contribution is 0.0856. The van der Waals surface area contributed by atoms with E-state index in [4.69, 9.17) is 9.15 Å². The maximum atomic E-state index is 10.9. The van der Waals surface area contributed by atoms with Gasteiger partial charge in [-0.3, -0.25) is 4.98 Å². The lowest BCUT2D eigenvalue weighted by Crippen LogP contribution is -2.13. The monoisotopic (exact) mass is 398 g/mol. The Morgan fingerprint density at radius 2 is 1.80 bits per heavy atom. The van der Waals surface area contributed by atoms with Crippen molar-refractivity contribution in [1.82, 2.24) is 9.97 Å². The van der Waals surface area contributed by atoms with Gasteiger partial charge in [0.25, 0.3) is 0 Å². The van der Waals surface area contributed by atoms with Crippen molar-refractivity contribution in [3.8, 4) is 17.2 Å². The number of aromatic nitrogens is 2. The number of oxazole rings is 1. The van der Waals surface area contributed by atoms with E-state index in [-0.39, 0.29) is 5.92 Å². The molecule has 0 radical (unpaired) electrons. The minimum absolute atomic E-state index is 0.0274. The SMILES string of the molecule is OC(c1ncc(-c2ccccn2)o1)C1Cc2ccc(OCc3ccccc3)cc2C1. The number of pyridine rings is 1. The normalized spacial score (nSPS) is 16.2. The molecule has 0 amide bonds. The summed E-state index contributed by atoms with van der Waals surface area (Å²) in [5.41, 5.74) is 4.29. The summed E-state index contributed by atoms with van der Waals surface area (Å²) < 4.78 is 11.8. The average Bonchev–Trinajstić information content (AvgIpc) is 3.46. The Labute approximate surface area is 175 Å². The van der Waals surface area contributed by atoms with Crippen LogP contribution in [0.1, 0.15) is 28.7 Å². The number of benzene rings is 2. The second kappa shape index (κ2) is 8.13. The predicted octanol–water partition coefficient (Wildman–Crippen LogP) is 4.76. The lowest BCUT2D eigenvalue weighted by atomic mass is 9.99. The van der Waals surface area contributed by atoms with Gasteiger partial charge in [-0.05, 0) is 53.8 Å². The topological polar surface area (TPSA) is 68.4 Å². The predicted molar refractivity (Wildman–Crippen MR) is 113 cm³/mol. The van der Waals surface area contributed by atoms with Crippen molar-refractivity contribution in [1.29, 1.82) is 0 Å².